The van der Waals surface area contributed by atoms with Crippen LogP contribution < -0.4 is 0 Å². The highest BCUT2D eigenvalue weighted by molar-refractivity contribution is 5.81. The van der Waals surface area contributed by atoms with Crippen molar-refractivity contribution >= 4 is 5.97 Å². The lowest BCUT2D eigenvalue weighted by atomic mass is 9.79. The molecule has 6 unspecified atom stereocenters. The number of ether oxygens (including phenoxy) is 4. The van der Waals surface area contributed by atoms with Crippen LogP contribution in [-0.4, -0.2) is 50.7 Å². The Morgan fingerprint density at radius 3 is 3.00 bits per heavy atom. The maximum Gasteiger partial charge on any atom is 0.330 e. The molecule has 0 aliphatic carbocycles. The molecule has 3 saturated heterocycles. The van der Waals surface area contributed by atoms with Crippen LogP contribution in [0.25, 0.3) is 0 Å². The van der Waals surface area contributed by atoms with Gasteiger partial charge in [0, 0.05) is 25.0 Å². The number of hydrogen-bond acceptors (Lipinski definition) is 5. The largest absolute Gasteiger partial charge is 0.454 e. The lowest BCUT2D eigenvalue weighted by molar-refractivity contribution is -0.151. The minimum atomic E-state index is -0.422. The van der Waals surface area contributed by atoms with Gasteiger partial charge in [0.05, 0.1) is 19.3 Å². The highest BCUT2D eigenvalue weighted by Crippen LogP contribution is 2.50. The van der Waals surface area contributed by atoms with E-state index in [1.54, 1.807) is 7.11 Å². The lowest BCUT2D eigenvalue weighted by Gasteiger charge is -2.28. The van der Waals surface area contributed by atoms with E-state index in [0.717, 1.165) is 0 Å². The van der Waals surface area contributed by atoms with Gasteiger partial charge >= 0.3 is 5.97 Å². The van der Waals surface area contributed by atoms with Gasteiger partial charge < -0.3 is 18.9 Å². The number of carbonyl (C=O) groups excluding carboxylic acids is 1. The molecule has 94 valence electrons. The first-order valence-electron chi connectivity index (χ1n) is 5.85. The number of fused-ring (bicyclic) bond motifs is 1. The van der Waals surface area contributed by atoms with Crippen molar-refractivity contribution in [1.29, 1.82) is 0 Å². The monoisotopic (exact) mass is 240 g/mol. The molecule has 5 heteroatoms. The Morgan fingerprint density at radius 1 is 1.47 bits per heavy atom. The summed E-state index contributed by atoms with van der Waals surface area (Å²) in [5.41, 5.74) is 0. The SMILES string of the molecule is C=CC(=O)OC1C2OC3C(COC31)C2COC. The van der Waals surface area contributed by atoms with Crippen LogP contribution in [-0.2, 0) is 23.7 Å². The Morgan fingerprint density at radius 2 is 2.29 bits per heavy atom. The fourth-order valence-corrected chi connectivity index (χ4v) is 3.24. The van der Waals surface area contributed by atoms with Gasteiger partial charge in [-0.25, -0.2) is 4.79 Å². The second-order valence-electron chi connectivity index (χ2n) is 4.75. The second-order valence-corrected chi connectivity index (χ2v) is 4.75. The van der Waals surface area contributed by atoms with Gasteiger partial charge in [0.15, 0.2) is 6.10 Å². The van der Waals surface area contributed by atoms with Gasteiger partial charge in [-0.15, -0.1) is 0 Å². The summed E-state index contributed by atoms with van der Waals surface area (Å²) in [6, 6.07) is 0. The van der Waals surface area contributed by atoms with Crippen molar-refractivity contribution in [3.05, 3.63) is 12.7 Å². The van der Waals surface area contributed by atoms with Crippen LogP contribution in [0.15, 0.2) is 12.7 Å². The first-order valence-corrected chi connectivity index (χ1v) is 5.85. The van der Waals surface area contributed by atoms with Crippen LogP contribution in [0.1, 0.15) is 0 Å². The van der Waals surface area contributed by atoms with Crippen LogP contribution in [0.5, 0.6) is 0 Å². The Balaban J connectivity index is 1.78. The molecule has 0 aromatic heterocycles. The first kappa shape index (κ1) is 11.2. The predicted molar refractivity (Wildman–Crippen MR) is 57.3 cm³/mol. The van der Waals surface area contributed by atoms with E-state index >= 15 is 0 Å². The number of rotatable bonds is 4. The molecule has 0 aromatic rings. The summed E-state index contributed by atoms with van der Waals surface area (Å²) in [6.07, 6.45) is 0.708. The average molecular weight is 240 g/mol. The molecule has 3 fully saturated rings. The molecule has 5 nitrogen and oxygen atoms in total. The van der Waals surface area contributed by atoms with Gasteiger partial charge in [0.1, 0.15) is 12.2 Å². The third kappa shape index (κ3) is 1.53. The Bertz CT molecular complexity index is 342. The van der Waals surface area contributed by atoms with E-state index in [0.29, 0.717) is 19.1 Å². The highest BCUT2D eigenvalue weighted by atomic mass is 16.6. The van der Waals surface area contributed by atoms with Crippen LogP contribution >= 0.6 is 0 Å². The molecule has 6 atom stereocenters. The molecule has 0 saturated carbocycles. The fourth-order valence-electron chi connectivity index (χ4n) is 3.24. The summed E-state index contributed by atoms with van der Waals surface area (Å²) >= 11 is 0. The lowest BCUT2D eigenvalue weighted by Crippen LogP contribution is -2.45. The zero-order chi connectivity index (χ0) is 12.0. The highest BCUT2D eigenvalue weighted by Gasteiger charge is 2.65. The van der Waals surface area contributed by atoms with Gasteiger partial charge in [-0.2, -0.15) is 0 Å². The number of methoxy groups -OCH3 is 1. The quantitative estimate of drug-likeness (QED) is 0.517. The average Bonchev–Trinajstić information content (AvgIpc) is 2.92. The van der Waals surface area contributed by atoms with E-state index in [1.807, 2.05) is 0 Å². The standard InChI is InChI=1S/C12H16O5/c1-3-8(13)16-12-10-6(4-14-2)7-5-15-11(12)9(7)17-10/h3,6-7,9-12H,1,4-5H2,2H3. The first-order chi connectivity index (χ1) is 8.26. The fraction of sp³-hybridized carbons (Fsp3) is 0.750. The summed E-state index contributed by atoms with van der Waals surface area (Å²) in [5.74, 6) is 0.212. The maximum absolute atomic E-state index is 11.3. The van der Waals surface area contributed by atoms with Gasteiger partial charge in [-0.3, -0.25) is 0 Å². The van der Waals surface area contributed by atoms with E-state index in [1.165, 1.54) is 6.08 Å². The van der Waals surface area contributed by atoms with Crippen molar-refractivity contribution in [3.63, 3.8) is 0 Å². The van der Waals surface area contributed by atoms with Crippen LogP contribution in [0.3, 0.4) is 0 Å². The molecule has 0 aromatic carbocycles. The third-order valence-electron chi connectivity index (χ3n) is 3.94. The van der Waals surface area contributed by atoms with Crippen molar-refractivity contribution < 1.29 is 23.7 Å². The van der Waals surface area contributed by atoms with Crippen LogP contribution in [0.4, 0.5) is 0 Å². The van der Waals surface area contributed by atoms with Crippen molar-refractivity contribution in [3.8, 4) is 0 Å². The van der Waals surface area contributed by atoms with Crippen molar-refractivity contribution in [2.75, 3.05) is 20.3 Å². The smallest absolute Gasteiger partial charge is 0.330 e. The summed E-state index contributed by atoms with van der Waals surface area (Å²) < 4.78 is 22.1. The molecule has 3 aliphatic rings. The van der Waals surface area contributed by atoms with Crippen molar-refractivity contribution in [1.82, 2.24) is 0 Å². The zero-order valence-corrected chi connectivity index (χ0v) is 9.70. The van der Waals surface area contributed by atoms with E-state index in [-0.39, 0.29) is 30.3 Å². The van der Waals surface area contributed by atoms with Crippen molar-refractivity contribution in [2.45, 2.75) is 24.4 Å². The predicted octanol–water partition coefficient (Wildman–Crippen LogP) is 0.143. The van der Waals surface area contributed by atoms with Crippen LogP contribution in [0, 0.1) is 11.8 Å². The third-order valence-corrected chi connectivity index (χ3v) is 3.94. The number of esters is 1. The second kappa shape index (κ2) is 4.08. The minimum Gasteiger partial charge on any atom is -0.454 e. The van der Waals surface area contributed by atoms with E-state index in [2.05, 4.69) is 6.58 Å². The topological polar surface area (TPSA) is 54.0 Å². The molecule has 3 heterocycles. The van der Waals surface area contributed by atoms with E-state index < -0.39 is 5.97 Å². The summed E-state index contributed by atoms with van der Waals surface area (Å²) in [6.45, 7) is 4.68. The van der Waals surface area contributed by atoms with Gasteiger partial charge in [-0.05, 0) is 0 Å². The van der Waals surface area contributed by atoms with Crippen LogP contribution in [0.2, 0.25) is 0 Å². The molecular weight excluding hydrogens is 224 g/mol. The van der Waals surface area contributed by atoms with E-state index in [9.17, 15) is 4.79 Å². The Hall–Kier alpha value is -0.910. The normalized spacial score (nSPS) is 46.2. The molecule has 3 aliphatic heterocycles. The molecule has 0 amide bonds. The van der Waals surface area contributed by atoms with Gasteiger partial charge in [-0.1, -0.05) is 6.58 Å². The van der Waals surface area contributed by atoms with Gasteiger partial charge in [0.25, 0.3) is 0 Å². The number of carbonyl (C=O) groups is 1. The summed E-state index contributed by atoms with van der Waals surface area (Å²) in [4.78, 5) is 11.3. The minimum absolute atomic E-state index is 0.0581. The Labute approximate surface area is 99.7 Å². The molecule has 17 heavy (non-hydrogen) atoms. The van der Waals surface area contributed by atoms with E-state index in [4.69, 9.17) is 18.9 Å². The molecule has 3 rings (SSSR count). The van der Waals surface area contributed by atoms with Crippen molar-refractivity contribution in [2.24, 2.45) is 11.8 Å². The molecule has 0 N–H and O–H groups in total. The van der Waals surface area contributed by atoms with Gasteiger partial charge in [0.2, 0.25) is 0 Å². The number of hydrogen-bond donors (Lipinski definition) is 0. The molecule has 0 radical (unpaired) electrons. The Kier molecular flexibility index (Phi) is 2.69. The molecule has 0 spiro atoms. The maximum atomic E-state index is 11.3. The molecule has 2 bridgehead atoms. The zero-order valence-electron chi connectivity index (χ0n) is 9.70. The molecular formula is C12H16O5. The summed E-state index contributed by atoms with van der Waals surface area (Å²) in [5, 5.41) is 0. The summed E-state index contributed by atoms with van der Waals surface area (Å²) in [7, 11) is 1.67.